The summed E-state index contributed by atoms with van der Waals surface area (Å²) in [5.74, 6) is 0. The highest BCUT2D eigenvalue weighted by atomic mass is 15.1. The molecule has 0 bridgehead atoms. The molecule has 4 rings (SSSR count). The van der Waals surface area contributed by atoms with Crippen molar-refractivity contribution in [3.8, 4) is 0 Å². The van der Waals surface area contributed by atoms with Gasteiger partial charge in [-0.25, -0.2) is 0 Å². The normalized spacial score (nSPS) is 21.9. The molecule has 28 heavy (non-hydrogen) atoms. The summed E-state index contributed by atoms with van der Waals surface area (Å²) in [6, 6.07) is 2.42. The Bertz CT molecular complexity index is 941. The van der Waals surface area contributed by atoms with Crippen LogP contribution in [0.3, 0.4) is 0 Å². The minimum atomic E-state index is -0.106. The zero-order chi connectivity index (χ0) is 20.1. The smallest absolute Gasteiger partial charge is 0.0535 e. The maximum Gasteiger partial charge on any atom is 0.0535 e. The van der Waals surface area contributed by atoms with Gasteiger partial charge < -0.3 is 10.2 Å². The van der Waals surface area contributed by atoms with Crippen LogP contribution in [0.2, 0.25) is 0 Å². The van der Waals surface area contributed by atoms with E-state index in [0.717, 1.165) is 19.4 Å². The van der Waals surface area contributed by atoms with E-state index in [-0.39, 0.29) is 11.0 Å². The fourth-order valence-electron chi connectivity index (χ4n) is 5.02. The third-order valence-electron chi connectivity index (χ3n) is 6.65. The first kappa shape index (κ1) is 18.8. The van der Waals surface area contributed by atoms with Gasteiger partial charge >= 0.3 is 0 Å². The summed E-state index contributed by atoms with van der Waals surface area (Å²) in [6.07, 6.45) is 13.8. The highest BCUT2D eigenvalue weighted by molar-refractivity contribution is 5.80. The largest absolute Gasteiger partial charge is 0.376 e. The minimum Gasteiger partial charge on any atom is -0.376 e. The molecule has 2 aliphatic heterocycles. The fraction of sp³-hybridized carbons (Fsp3) is 0.400. The van der Waals surface area contributed by atoms with Gasteiger partial charge in [0.1, 0.15) is 0 Å². The lowest BCUT2D eigenvalue weighted by atomic mass is 9.66. The van der Waals surface area contributed by atoms with E-state index in [1.165, 1.54) is 45.6 Å². The standard InChI is InChI=1S/C25H31N3/c1-17-24(2,3)21-16-20(22-12-7-8-14-28(22)15-13-26-6)18-10-9-11-19(18)23(21)27-25(17,4)5/h7-8,12-13,15-16,27H,1,6,9-11,14H2,2-5H3/b15-13-. The fourth-order valence-corrected chi connectivity index (χ4v) is 5.02. The molecule has 0 radical (unpaired) electrons. The number of benzene rings is 1. The van der Waals surface area contributed by atoms with Crippen molar-refractivity contribution in [1.82, 2.24) is 4.90 Å². The molecule has 146 valence electrons. The van der Waals surface area contributed by atoms with Gasteiger partial charge in [-0.2, -0.15) is 0 Å². The Morgan fingerprint density at radius 3 is 2.68 bits per heavy atom. The van der Waals surface area contributed by atoms with Crippen molar-refractivity contribution in [2.75, 3.05) is 11.9 Å². The number of aliphatic imine (C=N–C) groups is 1. The molecule has 0 spiro atoms. The van der Waals surface area contributed by atoms with E-state index < -0.39 is 0 Å². The number of anilines is 1. The van der Waals surface area contributed by atoms with Crippen molar-refractivity contribution in [1.29, 1.82) is 0 Å². The van der Waals surface area contributed by atoms with E-state index in [2.05, 4.69) is 80.5 Å². The molecular formula is C25H31N3. The van der Waals surface area contributed by atoms with Crippen molar-refractivity contribution >= 4 is 18.1 Å². The number of allylic oxidation sites excluding steroid dienone is 2. The summed E-state index contributed by atoms with van der Waals surface area (Å²) in [7, 11) is 0. The summed E-state index contributed by atoms with van der Waals surface area (Å²) >= 11 is 0. The van der Waals surface area contributed by atoms with Crippen LogP contribution >= 0.6 is 0 Å². The molecule has 1 aromatic rings. The third-order valence-corrected chi connectivity index (χ3v) is 6.65. The Kier molecular flexibility index (Phi) is 4.37. The van der Waals surface area contributed by atoms with E-state index in [1.54, 1.807) is 6.20 Å². The quantitative estimate of drug-likeness (QED) is 0.552. The second-order valence-electron chi connectivity index (χ2n) is 9.12. The molecule has 3 aliphatic rings. The van der Waals surface area contributed by atoms with E-state index in [0.29, 0.717) is 0 Å². The molecule has 0 saturated heterocycles. The number of hydrogen-bond acceptors (Lipinski definition) is 3. The van der Waals surface area contributed by atoms with E-state index in [4.69, 9.17) is 0 Å². The minimum absolute atomic E-state index is 0.0785. The van der Waals surface area contributed by atoms with Gasteiger partial charge in [0.05, 0.1) is 5.54 Å². The van der Waals surface area contributed by atoms with Crippen LogP contribution in [-0.2, 0) is 18.3 Å². The predicted molar refractivity (Wildman–Crippen MR) is 121 cm³/mol. The first-order valence-electron chi connectivity index (χ1n) is 10.2. The van der Waals surface area contributed by atoms with Gasteiger partial charge in [0.2, 0.25) is 0 Å². The predicted octanol–water partition coefficient (Wildman–Crippen LogP) is 5.60. The van der Waals surface area contributed by atoms with Crippen molar-refractivity contribution in [3.63, 3.8) is 0 Å². The number of nitrogens with one attached hydrogen (secondary N) is 1. The average molecular weight is 374 g/mol. The molecule has 1 N–H and O–H groups in total. The Balaban J connectivity index is 1.94. The molecular weight excluding hydrogens is 342 g/mol. The number of hydrogen-bond donors (Lipinski definition) is 1. The molecule has 3 nitrogen and oxygen atoms in total. The van der Waals surface area contributed by atoms with E-state index in [1.807, 2.05) is 6.20 Å². The topological polar surface area (TPSA) is 27.6 Å². The zero-order valence-electron chi connectivity index (χ0n) is 17.6. The molecule has 1 aromatic carbocycles. The molecule has 0 saturated carbocycles. The maximum atomic E-state index is 4.48. The summed E-state index contributed by atoms with van der Waals surface area (Å²) in [4.78, 5) is 6.17. The van der Waals surface area contributed by atoms with Crippen LogP contribution in [0.25, 0.3) is 5.70 Å². The zero-order valence-corrected chi connectivity index (χ0v) is 17.6. The first-order valence-corrected chi connectivity index (χ1v) is 10.2. The lowest BCUT2D eigenvalue weighted by Crippen LogP contribution is -2.46. The van der Waals surface area contributed by atoms with Gasteiger partial charge in [0.25, 0.3) is 0 Å². The monoisotopic (exact) mass is 373 g/mol. The summed E-state index contributed by atoms with van der Waals surface area (Å²) < 4.78 is 0. The molecule has 3 heteroatoms. The maximum absolute atomic E-state index is 4.48. The highest BCUT2D eigenvalue weighted by Crippen LogP contribution is 2.51. The number of nitrogens with zero attached hydrogens (tertiary/aromatic N) is 2. The second kappa shape index (κ2) is 6.51. The molecule has 0 amide bonds. The summed E-state index contributed by atoms with van der Waals surface area (Å²) in [6.45, 7) is 18.0. The second-order valence-corrected chi connectivity index (χ2v) is 9.12. The van der Waals surface area contributed by atoms with Gasteiger partial charge in [-0.05, 0) is 74.2 Å². The molecule has 0 fully saturated rings. The lowest BCUT2D eigenvalue weighted by molar-refractivity contribution is 0.488. The van der Waals surface area contributed by atoms with Gasteiger partial charge in [-0.3, -0.25) is 4.99 Å². The molecule has 0 aromatic heterocycles. The van der Waals surface area contributed by atoms with Crippen LogP contribution < -0.4 is 5.32 Å². The first-order chi connectivity index (χ1) is 13.3. The molecule has 1 aliphatic carbocycles. The van der Waals surface area contributed by atoms with Crippen LogP contribution in [0.5, 0.6) is 0 Å². The Hall–Kier alpha value is -2.55. The molecule has 2 heterocycles. The number of fused-ring (bicyclic) bond motifs is 3. The Morgan fingerprint density at radius 2 is 1.93 bits per heavy atom. The van der Waals surface area contributed by atoms with Crippen molar-refractivity contribution in [2.24, 2.45) is 4.99 Å². The van der Waals surface area contributed by atoms with Crippen LogP contribution in [0.15, 0.2) is 53.8 Å². The molecule has 0 unspecified atom stereocenters. The summed E-state index contributed by atoms with van der Waals surface area (Å²) in [5, 5.41) is 3.83. The van der Waals surface area contributed by atoms with Crippen LogP contribution in [0.1, 0.15) is 56.4 Å². The highest BCUT2D eigenvalue weighted by Gasteiger charge is 2.43. The van der Waals surface area contributed by atoms with Crippen LogP contribution in [-0.4, -0.2) is 23.7 Å². The molecule has 0 atom stereocenters. The van der Waals surface area contributed by atoms with Crippen molar-refractivity contribution in [2.45, 2.75) is 57.9 Å². The van der Waals surface area contributed by atoms with Crippen molar-refractivity contribution in [3.05, 3.63) is 71.1 Å². The lowest BCUT2D eigenvalue weighted by Gasteiger charge is -2.47. The van der Waals surface area contributed by atoms with E-state index in [9.17, 15) is 0 Å². The Labute approximate surface area is 169 Å². The van der Waals surface area contributed by atoms with Crippen LogP contribution in [0.4, 0.5) is 5.69 Å². The Morgan fingerprint density at radius 1 is 1.18 bits per heavy atom. The van der Waals surface area contributed by atoms with Gasteiger partial charge in [-0.1, -0.05) is 32.6 Å². The van der Waals surface area contributed by atoms with Gasteiger partial charge in [-0.15, -0.1) is 0 Å². The third kappa shape index (κ3) is 2.76. The van der Waals surface area contributed by atoms with Crippen LogP contribution in [0, 0.1) is 0 Å². The van der Waals surface area contributed by atoms with Gasteiger partial charge in [0, 0.05) is 41.3 Å². The van der Waals surface area contributed by atoms with E-state index >= 15 is 0 Å². The summed E-state index contributed by atoms with van der Waals surface area (Å²) in [5.41, 5.74) is 9.37. The van der Waals surface area contributed by atoms with Crippen molar-refractivity contribution < 1.29 is 0 Å². The number of rotatable bonds is 3. The average Bonchev–Trinajstić information content (AvgIpc) is 3.15. The SMILES string of the molecule is C=N/C=C\N1CC=CC=C1c1cc2c(c3c1CCC3)NC(C)(C)C(=C)C2(C)C. The van der Waals surface area contributed by atoms with Gasteiger partial charge in [0.15, 0.2) is 0 Å².